The van der Waals surface area contributed by atoms with Crippen LogP contribution in [0.5, 0.6) is 0 Å². The third kappa shape index (κ3) is 6.24. The average molecular weight is 696 g/mol. The van der Waals surface area contributed by atoms with E-state index in [1.165, 1.54) is 45.9 Å². The van der Waals surface area contributed by atoms with E-state index in [1.54, 1.807) is 4.57 Å². The van der Waals surface area contributed by atoms with Gasteiger partial charge in [0.05, 0.1) is 27.6 Å². The van der Waals surface area contributed by atoms with E-state index in [9.17, 15) is 4.79 Å². The van der Waals surface area contributed by atoms with E-state index in [1.807, 2.05) is 54.6 Å². The van der Waals surface area contributed by atoms with Crippen LogP contribution >= 0.6 is 0 Å². The van der Waals surface area contributed by atoms with Crippen LogP contribution in [0.1, 0.15) is 12.8 Å². The lowest BCUT2D eigenvalue weighted by Gasteiger charge is -2.15. The maximum atomic E-state index is 13.8. The Bertz CT molecular complexity index is 2760. The zero-order valence-corrected chi connectivity index (χ0v) is 29.7. The average Bonchev–Trinajstić information content (AvgIpc) is 3.58. The molecular weight excluding hydrogens is 659 g/mol. The van der Waals surface area contributed by atoms with E-state index < -0.39 is 0 Å². The highest BCUT2D eigenvalue weighted by Crippen LogP contribution is 2.37. The van der Waals surface area contributed by atoms with Crippen molar-refractivity contribution in [2.24, 2.45) is 0 Å². The number of para-hydroxylation sites is 2. The topological polar surface area (TPSA) is 39.8 Å². The van der Waals surface area contributed by atoms with Crippen LogP contribution in [0.4, 0.5) is 0 Å². The second-order valence-corrected chi connectivity index (χ2v) is 13.4. The molecule has 0 amide bonds. The summed E-state index contributed by atoms with van der Waals surface area (Å²) in [5.41, 5.74) is 10.3. The summed E-state index contributed by atoms with van der Waals surface area (Å²) >= 11 is 0. The van der Waals surface area contributed by atoms with Crippen molar-refractivity contribution in [3.8, 4) is 45.0 Å². The number of aromatic nitrogens is 3. The Morgan fingerprint density at radius 1 is 0.407 bits per heavy atom. The fraction of sp³-hybridized carbons (Fsp3) is 0.0400. The van der Waals surface area contributed by atoms with E-state index in [-0.39, 0.29) is 5.56 Å². The Hall–Kier alpha value is -7.04. The van der Waals surface area contributed by atoms with Gasteiger partial charge in [-0.3, -0.25) is 9.36 Å². The summed E-state index contributed by atoms with van der Waals surface area (Å²) in [7, 11) is 0. The SMILES string of the molecule is C1=CCCC=C1.O=c1c2ccccc2nc(-c2ccc(-n3c4ccc(-c5ccccc5)cc4c4cc(-c5ccccc5)ccc43)cc2)n1-c1ccccc1. The summed E-state index contributed by atoms with van der Waals surface area (Å²) in [5, 5.41) is 2.99. The highest BCUT2D eigenvalue weighted by atomic mass is 16.1. The molecule has 0 saturated heterocycles. The lowest BCUT2D eigenvalue weighted by Crippen LogP contribution is -2.21. The first-order chi connectivity index (χ1) is 26.7. The van der Waals surface area contributed by atoms with Crippen LogP contribution in [0.25, 0.3) is 77.7 Å². The molecule has 1 aliphatic rings. The largest absolute Gasteiger partial charge is 0.309 e. The quantitative estimate of drug-likeness (QED) is 0.180. The molecule has 0 aliphatic heterocycles. The molecule has 0 bridgehead atoms. The molecule has 7 aromatic carbocycles. The molecule has 0 saturated carbocycles. The van der Waals surface area contributed by atoms with E-state index in [0.717, 1.165) is 28.0 Å². The number of allylic oxidation sites excluding steroid dienone is 4. The minimum Gasteiger partial charge on any atom is -0.309 e. The molecule has 54 heavy (non-hydrogen) atoms. The van der Waals surface area contributed by atoms with E-state index in [0.29, 0.717) is 16.7 Å². The predicted octanol–water partition coefficient (Wildman–Crippen LogP) is 12.4. The van der Waals surface area contributed by atoms with Gasteiger partial charge in [0.15, 0.2) is 0 Å². The number of hydrogen-bond acceptors (Lipinski definition) is 2. The molecule has 9 aromatic rings. The van der Waals surface area contributed by atoms with Gasteiger partial charge in [-0.05, 0) is 108 Å². The van der Waals surface area contributed by atoms with Gasteiger partial charge in [-0.25, -0.2) is 4.98 Å². The van der Waals surface area contributed by atoms with Crippen LogP contribution in [0.3, 0.4) is 0 Å². The second kappa shape index (κ2) is 14.5. The maximum Gasteiger partial charge on any atom is 0.266 e. The zero-order valence-electron chi connectivity index (χ0n) is 29.7. The summed E-state index contributed by atoms with van der Waals surface area (Å²) in [6, 6.07) is 60.2. The number of nitrogens with zero attached hydrogens (tertiary/aromatic N) is 3. The summed E-state index contributed by atoms with van der Waals surface area (Å²) in [4.78, 5) is 18.9. The maximum absolute atomic E-state index is 13.8. The molecule has 0 radical (unpaired) electrons. The minimum atomic E-state index is -0.0864. The molecule has 0 atom stereocenters. The molecule has 0 unspecified atom stereocenters. The molecule has 2 heterocycles. The van der Waals surface area contributed by atoms with E-state index in [2.05, 4.69) is 150 Å². The van der Waals surface area contributed by atoms with Crippen LogP contribution in [0, 0.1) is 0 Å². The highest BCUT2D eigenvalue weighted by Gasteiger charge is 2.17. The monoisotopic (exact) mass is 695 g/mol. The third-order valence-electron chi connectivity index (χ3n) is 10.0. The fourth-order valence-electron chi connectivity index (χ4n) is 7.37. The van der Waals surface area contributed by atoms with Crippen molar-refractivity contribution in [3.05, 3.63) is 211 Å². The van der Waals surface area contributed by atoms with Crippen LogP contribution in [0.15, 0.2) is 205 Å². The molecule has 0 spiro atoms. The number of benzene rings is 7. The van der Waals surface area contributed by atoms with Gasteiger partial charge in [-0.15, -0.1) is 0 Å². The van der Waals surface area contributed by atoms with E-state index in [4.69, 9.17) is 4.98 Å². The fourth-order valence-corrected chi connectivity index (χ4v) is 7.37. The summed E-state index contributed by atoms with van der Waals surface area (Å²) in [6.45, 7) is 0. The molecule has 258 valence electrons. The van der Waals surface area contributed by atoms with Gasteiger partial charge in [-0.1, -0.05) is 127 Å². The van der Waals surface area contributed by atoms with E-state index >= 15 is 0 Å². The van der Waals surface area contributed by atoms with Crippen LogP contribution in [0.2, 0.25) is 0 Å². The minimum absolute atomic E-state index is 0.0864. The normalized spacial score (nSPS) is 12.2. The van der Waals surface area contributed by atoms with Crippen molar-refractivity contribution in [2.45, 2.75) is 12.8 Å². The number of fused-ring (bicyclic) bond motifs is 4. The first-order valence-electron chi connectivity index (χ1n) is 18.4. The zero-order chi connectivity index (χ0) is 36.3. The Morgan fingerprint density at radius 3 is 1.43 bits per heavy atom. The van der Waals surface area contributed by atoms with Gasteiger partial charge < -0.3 is 4.57 Å². The molecule has 4 nitrogen and oxygen atoms in total. The van der Waals surface area contributed by atoms with Gasteiger partial charge in [0.2, 0.25) is 0 Å². The molecule has 4 heteroatoms. The summed E-state index contributed by atoms with van der Waals surface area (Å²) in [6.07, 6.45) is 11.0. The van der Waals surface area contributed by atoms with Gasteiger partial charge in [0.1, 0.15) is 5.82 Å². The Balaban J connectivity index is 0.000000586. The van der Waals surface area contributed by atoms with Crippen molar-refractivity contribution >= 4 is 32.7 Å². The number of rotatable bonds is 5. The van der Waals surface area contributed by atoms with Crippen LogP contribution < -0.4 is 5.56 Å². The molecule has 10 rings (SSSR count). The molecular formula is C50H37N3O. The van der Waals surface area contributed by atoms with Gasteiger partial charge >= 0.3 is 0 Å². The van der Waals surface area contributed by atoms with Crippen LogP contribution in [-0.4, -0.2) is 14.1 Å². The molecule has 1 aliphatic carbocycles. The summed E-state index contributed by atoms with van der Waals surface area (Å²) < 4.78 is 4.05. The van der Waals surface area contributed by atoms with Crippen LogP contribution in [-0.2, 0) is 0 Å². The first kappa shape index (κ1) is 32.8. The standard InChI is InChI=1S/C44H29N3O.C6H8/c48-44-37-18-10-11-19-40(37)45-43(47(44)35-16-8-3-9-17-35)32-20-24-36(25-21-32)46-41-26-22-33(30-12-4-1-5-13-30)28-38(41)39-29-34(23-27-42(39)46)31-14-6-2-7-15-31;1-2-4-6-5-3-1/h1-29H;1-4H,5-6H2. The smallest absolute Gasteiger partial charge is 0.266 e. The van der Waals surface area contributed by atoms with Crippen molar-refractivity contribution in [2.75, 3.05) is 0 Å². The molecule has 0 fully saturated rings. The summed E-state index contributed by atoms with van der Waals surface area (Å²) in [5.74, 6) is 0.610. The molecule has 0 N–H and O–H groups in total. The lowest BCUT2D eigenvalue weighted by atomic mass is 10.0. The van der Waals surface area contributed by atoms with Gasteiger partial charge in [0.25, 0.3) is 5.56 Å². The predicted molar refractivity (Wildman–Crippen MR) is 226 cm³/mol. The Kier molecular flexibility index (Phi) is 8.84. The van der Waals surface area contributed by atoms with Gasteiger partial charge in [0, 0.05) is 22.0 Å². The van der Waals surface area contributed by atoms with Gasteiger partial charge in [-0.2, -0.15) is 0 Å². The highest BCUT2D eigenvalue weighted by molar-refractivity contribution is 6.11. The Morgan fingerprint density at radius 2 is 0.889 bits per heavy atom. The number of hydrogen-bond donors (Lipinski definition) is 0. The second-order valence-electron chi connectivity index (χ2n) is 13.4. The van der Waals surface area contributed by atoms with Crippen molar-refractivity contribution in [1.82, 2.24) is 14.1 Å². The Labute approximate surface area is 314 Å². The first-order valence-corrected chi connectivity index (χ1v) is 18.4. The van der Waals surface area contributed by atoms with Crippen molar-refractivity contribution < 1.29 is 0 Å². The van der Waals surface area contributed by atoms with Crippen molar-refractivity contribution in [3.63, 3.8) is 0 Å². The van der Waals surface area contributed by atoms with Crippen molar-refractivity contribution in [1.29, 1.82) is 0 Å². The molecule has 2 aromatic heterocycles. The third-order valence-corrected chi connectivity index (χ3v) is 10.0. The lowest BCUT2D eigenvalue weighted by molar-refractivity contribution is 0.975.